The Bertz CT molecular complexity index is 602. The van der Waals surface area contributed by atoms with Crippen molar-refractivity contribution in [2.75, 3.05) is 0 Å². The number of carbonyl (C=O) groups is 1. The first-order chi connectivity index (χ1) is 9.58. The first-order valence-corrected chi connectivity index (χ1v) is 7.61. The average Bonchev–Trinajstić information content (AvgIpc) is 2.44. The van der Waals surface area contributed by atoms with Gasteiger partial charge in [0, 0.05) is 15.5 Å². The van der Waals surface area contributed by atoms with E-state index >= 15 is 0 Å². The minimum Gasteiger partial charge on any atom is -0.480 e. The van der Waals surface area contributed by atoms with Crippen molar-refractivity contribution in [2.45, 2.75) is 12.6 Å². The number of hydrogen-bond donors (Lipinski definition) is 2. The molecule has 0 aliphatic heterocycles. The fourth-order valence-electron chi connectivity index (χ4n) is 1.86. The monoisotopic (exact) mass is 397 g/mol. The summed E-state index contributed by atoms with van der Waals surface area (Å²) in [5.74, 6) is -0.882. The Morgan fingerprint density at radius 3 is 2.40 bits per heavy atom. The summed E-state index contributed by atoms with van der Waals surface area (Å²) >= 11 is 6.84. The lowest BCUT2D eigenvalue weighted by Crippen LogP contribution is -2.28. The Morgan fingerprint density at radius 1 is 1.10 bits per heavy atom. The number of hydrogen-bond acceptors (Lipinski definition) is 2. The van der Waals surface area contributed by atoms with Crippen molar-refractivity contribution in [1.82, 2.24) is 5.32 Å². The second kappa shape index (κ2) is 7.02. The molecule has 0 aliphatic rings. The molecule has 0 heterocycles. The van der Waals surface area contributed by atoms with Crippen molar-refractivity contribution in [3.8, 4) is 0 Å². The van der Waals surface area contributed by atoms with Crippen molar-refractivity contribution in [3.05, 3.63) is 68.6 Å². The standard InChI is InChI=1S/C15H13Br2NO2/c16-12-7-6-10(8-13(12)17)9-18-14(15(19)20)11-4-2-1-3-5-11/h1-8,14,18H,9H2,(H,19,20). The molecule has 2 aromatic rings. The van der Waals surface area contributed by atoms with Crippen LogP contribution in [-0.4, -0.2) is 11.1 Å². The van der Waals surface area contributed by atoms with Gasteiger partial charge in [-0.05, 0) is 55.1 Å². The van der Waals surface area contributed by atoms with Crippen LogP contribution in [0.1, 0.15) is 17.2 Å². The molecule has 0 saturated carbocycles. The van der Waals surface area contributed by atoms with Crippen LogP contribution in [0.25, 0.3) is 0 Å². The average molecular weight is 399 g/mol. The largest absolute Gasteiger partial charge is 0.480 e. The predicted molar refractivity (Wildman–Crippen MR) is 85.5 cm³/mol. The summed E-state index contributed by atoms with van der Waals surface area (Å²) in [5.41, 5.74) is 1.76. The molecular formula is C15H13Br2NO2. The van der Waals surface area contributed by atoms with Crippen LogP contribution in [0.2, 0.25) is 0 Å². The zero-order valence-electron chi connectivity index (χ0n) is 10.5. The minimum absolute atomic E-state index is 0.484. The highest BCUT2D eigenvalue weighted by Gasteiger charge is 2.18. The first kappa shape index (κ1) is 15.2. The van der Waals surface area contributed by atoms with Crippen molar-refractivity contribution >= 4 is 37.8 Å². The molecule has 0 radical (unpaired) electrons. The van der Waals surface area contributed by atoms with Gasteiger partial charge in [-0.1, -0.05) is 36.4 Å². The van der Waals surface area contributed by atoms with Gasteiger partial charge in [0.15, 0.2) is 0 Å². The Labute approximate surface area is 134 Å². The summed E-state index contributed by atoms with van der Waals surface area (Å²) in [6.45, 7) is 0.484. The normalized spacial score (nSPS) is 12.1. The summed E-state index contributed by atoms with van der Waals surface area (Å²) < 4.78 is 1.92. The van der Waals surface area contributed by atoms with Gasteiger partial charge in [-0.2, -0.15) is 0 Å². The molecular weight excluding hydrogens is 386 g/mol. The second-order valence-electron chi connectivity index (χ2n) is 4.31. The molecule has 5 heteroatoms. The Kier molecular flexibility index (Phi) is 5.34. The highest BCUT2D eigenvalue weighted by atomic mass is 79.9. The van der Waals surface area contributed by atoms with Crippen molar-refractivity contribution < 1.29 is 9.90 Å². The van der Waals surface area contributed by atoms with Gasteiger partial charge in [-0.25, -0.2) is 0 Å². The van der Waals surface area contributed by atoms with Crippen LogP contribution in [0, 0.1) is 0 Å². The fraction of sp³-hybridized carbons (Fsp3) is 0.133. The number of halogens is 2. The van der Waals surface area contributed by atoms with Gasteiger partial charge in [0.05, 0.1) is 0 Å². The number of nitrogens with one attached hydrogen (secondary N) is 1. The molecule has 0 spiro atoms. The van der Waals surface area contributed by atoms with E-state index in [0.717, 1.165) is 20.1 Å². The molecule has 1 atom stereocenters. The van der Waals surface area contributed by atoms with Crippen LogP contribution in [0.5, 0.6) is 0 Å². The maximum atomic E-state index is 11.4. The molecule has 0 fully saturated rings. The van der Waals surface area contributed by atoms with E-state index in [9.17, 15) is 9.90 Å². The summed E-state index contributed by atoms with van der Waals surface area (Å²) in [6, 6.07) is 14.3. The van der Waals surface area contributed by atoms with Crippen LogP contribution >= 0.6 is 31.9 Å². The maximum absolute atomic E-state index is 11.4. The molecule has 20 heavy (non-hydrogen) atoms. The zero-order valence-corrected chi connectivity index (χ0v) is 13.7. The van der Waals surface area contributed by atoms with Gasteiger partial charge in [-0.15, -0.1) is 0 Å². The van der Waals surface area contributed by atoms with E-state index in [1.54, 1.807) is 0 Å². The van der Waals surface area contributed by atoms with Crippen LogP contribution in [-0.2, 0) is 11.3 Å². The molecule has 0 bridgehead atoms. The lowest BCUT2D eigenvalue weighted by molar-refractivity contribution is -0.139. The molecule has 104 valence electrons. The first-order valence-electron chi connectivity index (χ1n) is 6.03. The van der Waals surface area contributed by atoms with Crippen molar-refractivity contribution in [3.63, 3.8) is 0 Å². The smallest absolute Gasteiger partial charge is 0.325 e. The topological polar surface area (TPSA) is 49.3 Å². The van der Waals surface area contributed by atoms with E-state index < -0.39 is 12.0 Å². The van der Waals surface area contributed by atoms with Crippen LogP contribution < -0.4 is 5.32 Å². The van der Waals surface area contributed by atoms with Gasteiger partial charge in [0.25, 0.3) is 0 Å². The fourth-order valence-corrected chi connectivity index (χ4v) is 2.54. The van der Waals surface area contributed by atoms with E-state index in [2.05, 4.69) is 37.2 Å². The number of benzene rings is 2. The Balaban J connectivity index is 2.10. The van der Waals surface area contributed by atoms with Crippen molar-refractivity contribution in [1.29, 1.82) is 0 Å². The van der Waals surface area contributed by atoms with Crippen LogP contribution in [0.3, 0.4) is 0 Å². The Hall–Kier alpha value is -1.17. The number of carboxylic acids is 1. The molecule has 0 aromatic heterocycles. The third-order valence-electron chi connectivity index (χ3n) is 2.87. The molecule has 0 aliphatic carbocycles. The minimum atomic E-state index is -0.882. The summed E-state index contributed by atoms with van der Waals surface area (Å²) in [5, 5.41) is 12.4. The SMILES string of the molecule is O=C(O)C(NCc1ccc(Br)c(Br)c1)c1ccccc1. The molecule has 3 nitrogen and oxygen atoms in total. The van der Waals surface area contributed by atoms with E-state index in [4.69, 9.17) is 0 Å². The van der Waals surface area contributed by atoms with Crippen molar-refractivity contribution in [2.24, 2.45) is 0 Å². The quantitative estimate of drug-likeness (QED) is 0.796. The summed E-state index contributed by atoms with van der Waals surface area (Å²) in [6.07, 6.45) is 0. The van der Waals surface area contributed by atoms with Crippen LogP contribution in [0.15, 0.2) is 57.5 Å². The predicted octanol–water partition coefficient (Wildman–Crippen LogP) is 4.13. The van der Waals surface area contributed by atoms with E-state index in [1.807, 2.05) is 48.5 Å². The Morgan fingerprint density at radius 2 is 1.80 bits per heavy atom. The third-order valence-corrected chi connectivity index (χ3v) is 4.75. The third kappa shape index (κ3) is 3.91. The molecule has 0 saturated heterocycles. The summed E-state index contributed by atoms with van der Waals surface area (Å²) in [4.78, 5) is 11.4. The highest BCUT2D eigenvalue weighted by Crippen LogP contribution is 2.24. The molecule has 1 unspecified atom stereocenters. The highest BCUT2D eigenvalue weighted by molar-refractivity contribution is 9.13. The van der Waals surface area contributed by atoms with Gasteiger partial charge in [-0.3, -0.25) is 10.1 Å². The van der Waals surface area contributed by atoms with Gasteiger partial charge < -0.3 is 5.11 Å². The van der Waals surface area contributed by atoms with Gasteiger partial charge in [0.2, 0.25) is 0 Å². The van der Waals surface area contributed by atoms with Gasteiger partial charge >= 0.3 is 5.97 Å². The number of rotatable bonds is 5. The lowest BCUT2D eigenvalue weighted by Gasteiger charge is -2.15. The lowest BCUT2D eigenvalue weighted by atomic mass is 10.1. The molecule has 2 aromatic carbocycles. The number of aliphatic carboxylic acids is 1. The van der Waals surface area contributed by atoms with E-state index in [0.29, 0.717) is 6.54 Å². The van der Waals surface area contributed by atoms with Gasteiger partial charge in [0.1, 0.15) is 6.04 Å². The molecule has 2 rings (SSSR count). The molecule has 2 N–H and O–H groups in total. The molecule has 0 amide bonds. The van der Waals surface area contributed by atoms with E-state index in [-0.39, 0.29) is 0 Å². The maximum Gasteiger partial charge on any atom is 0.325 e. The van der Waals surface area contributed by atoms with E-state index in [1.165, 1.54) is 0 Å². The summed E-state index contributed by atoms with van der Waals surface area (Å²) in [7, 11) is 0. The second-order valence-corrected chi connectivity index (χ2v) is 6.02. The van der Waals surface area contributed by atoms with Crippen LogP contribution in [0.4, 0.5) is 0 Å². The number of carboxylic acid groups (broad SMARTS) is 1. The zero-order chi connectivity index (χ0) is 14.5.